The molecule has 0 radical (unpaired) electrons. The van der Waals surface area contributed by atoms with E-state index in [0.717, 1.165) is 12.5 Å². The van der Waals surface area contributed by atoms with Gasteiger partial charge in [-0.2, -0.15) is 13.2 Å². The lowest BCUT2D eigenvalue weighted by atomic mass is 9.76. The molecule has 1 heterocycles. The van der Waals surface area contributed by atoms with Crippen molar-refractivity contribution in [1.82, 2.24) is 4.98 Å². The second kappa shape index (κ2) is 6.16. The summed E-state index contributed by atoms with van der Waals surface area (Å²) < 4.78 is 43.5. The molecule has 0 bridgehead atoms. The molecule has 1 aliphatic rings. The van der Waals surface area contributed by atoms with E-state index in [1.165, 1.54) is 19.9 Å². The van der Waals surface area contributed by atoms with Crippen LogP contribution in [-0.4, -0.2) is 22.0 Å². The van der Waals surface area contributed by atoms with E-state index in [9.17, 15) is 22.8 Å². The Hall–Kier alpha value is -2.38. The molecule has 0 unspecified atom stereocenters. The highest BCUT2D eigenvalue weighted by molar-refractivity contribution is 5.96. The van der Waals surface area contributed by atoms with E-state index in [4.69, 9.17) is 9.84 Å². The van der Waals surface area contributed by atoms with Gasteiger partial charge in [-0.1, -0.05) is 6.58 Å². The van der Waals surface area contributed by atoms with Crippen LogP contribution < -0.4 is 0 Å². The second-order valence-corrected chi connectivity index (χ2v) is 6.58. The van der Waals surface area contributed by atoms with Crippen LogP contribution in [0.15, 0.2) is 30.5 Å². The SMILES string of the molecule is C=C(C(=O)O)C(C)(C)C(=O)OC1(c2ccc(C(F)(F)F)cn2)CCC1. The standard InChI is InChI=1S/C17H18F3NO4/c1-10(13(22)23)15(2,3)14(24)25-16(7-4-8-16)12-6-5-11(9-21-12)17(18,19)20/h5-6,9H,1,4,7-8H2,2-3H3,(H,22,23). The van der Waals surface area contributed by atoms with Gasteiger partial charge >= 0.3 is 18.1 Å². The van der Waals surface area contributed by atoms with Crippen molar-refractivity contribution in [2.45, 2.75) is 44.9 Å². The van der Waals surface area contributed by atoms with Crippen molar-refractivity contribution in [3.8, 4) is 0 Å². The molecule has 0 aromatic carbocycles. The van der Waals surface area contributed by atoms with Crippen LogP contribution in [-0.2, 0) is 26.1 Å². The predicted molar refractivity (Wildman–Crippen MR) is 81.4 cm³/mol. The van der Waals surface area contributed by atoms with Crippen molar-refractivity contribution in [2.24, 2.45) is 5.41 Å². The lowest BCUT2D eigenvalue weighted by molar-refractivity contribution is -0.182. The Labute approximate surface area is 142 Å². The van der Waals surface area contributed by atoms with Crippen molar-refractivity contribution in [3.05, 3.63) is 41.7 Å². The number of aliphatic carboxylic acids is 1. The maximum Gasteiger partial charge on any atom is 0.417 e. The minimum absolute atomic E-state index is 0.219. The fraction of sp³-hybridized carbons (Fsp3) is 0.471. The third kappa shape index (κ3) is 3.52. The molecule has 0 spiro atoms. The molecule has 1 fully saturated rings. The summed E-state index contributed by atoms with van der Waals surface area (Å²) in [6.07, 6.45) is -2.27. The summed E-state index contributed by atoms with van der Waals surface area (Å²) in [5.74, 6) is -2.13. The summed E-state index contributed by atoms with van der Waals surface area (Å²) in [5.41, 5.74) is -3.60. The van der Waals surface area contributed by atoms with Gasteiger partial charge in [0.2, 0.25) is 0 Å². The van der Waals surface area contributed by atoms with Gasteiger partial charge in [-0.25, -0.2) is 4.79 Å². The summed E-state index contributed by atoms with van der Waals surface area (Å²) in [6.45, 7) is 6.14. The smallest absolute Gasteiger partial charge is 0.417 e. The lowest BCUT2D eigenvalue weighted by Gasteiger charge is -2.42. The van der Waals surface area contributed by atoms with Crippen LogP contribution >= 0.6 is 0 Å². The number of hydrogen-bond acceptors (Lipinski definition) is 4. The number of pyridine rings is 1. The quantitative estimate of drug-likeness (QED) is 0.642. The van der Waals surface area contributed by atoms with Crippen LogP contribution in [0.2, 0.25) is 0 Å². The number of esters is 1. The first kappa shape index (κ1) is 19.0. The predicted octanol–water partition coefficient (Wildman–Crippen LogP) is 3.69. The fourth-order valence-corrected chi connectivity index (χ4v) is 2.43. The zero-order valence-corrected chi connectivity index (χ0v) is 13.8. The third-order valence-electron chi connectivity index (χ3n) is 4.53. The van der Waals surface area contributed by atoms with Gasteiger partial charge in [0.15, 0.2) is 5.60 Å². The maximum atomic E-state index is 12.7. The molecular weight excluding hydrogens is 339 g/mol. The number of carbonyl (C=O) groups is 2. The van der Waals surface area contributed by atoms with Gasteiger partial charge in [0.1, 0.15) is 0 Å². The van der Waals surface area contributed by atoms with Gasteiger partial charge in [0.25, 0.3) is 0 Å². The number of carboxylic acids is 1. The normalized spacial score (nSPS) is 16.7. The van der Waals surface area contributed by atoms with Crippen LogP contribution in [0, 0.1) is 5.41 Å². The maximum absolute atomic E-state index is 12.7. The molecule has 1 aromatic rings. The highest BCUT2D eigenvalue weighted by Gasteiger charge is 2.48. The summed E-state index contributed by atoms with van der Waals surface area (Å²) in [5, 5.41) is 9.03. The van der Waals surface area contributed by atoms with E-state index < -0.39 is 34.7 Å². The van der Waals surface area contributed by atoms with Crippen LogP contribution in [0.1, 0.15) is 44.4 Å². The van der Waals surface area contributed by atoms with E-state index in [2.05, 4.69) is 11.6 Å². The summed E-state index contributed by atoms with van der Waals surface area (Å²) in [4.78, 5) is 27.4. The van der Waals surface area contributed by atoms with Crippen molar-refractivity contribution < 1.29 is 32.6 Å². The van der Waals surface area contributed by atoms with Gasteiger partial charge < -0.3 is 9.84 Å². The molecule has 136 valence electrons. The number of carboxylic acid groups (broad SMARTS) is 1. The Morgan fingerprint density at radius 3 is 2.24 bits per heavy atom. The van der Waals surface area contributed by atoms with Crippen LogP contribution in [0.4, 0.5) is 13.2 Å². The molecule has 2 rings (SSSR count). The molecule has 8 heteroatoms. The first-order valence-electron chi connectivity index (χ1n) is 7.60. The number of ether oxygens (including phenoxy) is 1. The number of alkyl halides is 3. The average molecular weight is 357 g/mol. The number of aromatic nitrogens is 1. The Bertz CT molecular complexity index is 704. The third-order valence-corrected chi connectivity index (χ3v) is 4.53. The summed E-state index contributed by atoms with van der Waals surface area (Å²) in [7, 11) is 0. The lowest BCUT2D eigenvalue weighted by Crippen LogP contribution is -2.44. The molecular formula is C17H18F3NO4. The minimum Gasteiger partial charge on any atom is -0.478 e. The van der Waals surface area contributed by atoms with Crippen molar-refractivity contribution >= 4 is 11.9 Å². The van der Waals surface area contributed by atoms with Gasteiger partial charge in [-0.3, -0.25) is 9.78 Å². The Morgan fingerprint density at radius 2 is 1.88 bits per heavy atom. The Kier molecular flexibility index (Phi) is 4.67. The first-order chi connectivity index (χ1) is 11.4. The first-order valence-corrected chi connectivity index (χ1v) is 7.60. The van der Waals surface area contributed by atoms with Crippen LogP contribution in [0.3, 0.4) is 0 Å². The molecule has 1 N–H and O–H groups in total. The molecule has 0 aliphatic heterocycles. The Morgan fingerprint density at radius 1 is 1.28 bits per heavy atom. The van der Waals surface area contributed by atoms with E-state index in [-0.39, 0.29) is 11.3 Å². The van der Waals surface area contributed by atoms with Crippen LogP contribution in [0.25, 0.3) is 0 Å². The Balaban J connectivity index is 2.25. The highest BCUT2D eigenvalue weighted by atomic mass is 19.4. The fourth-order valence-electron chi connectivity index (χ4n) is 2.43. The molecule has 0 atom stereocenters. The largest absolute Gasteiger partial charge is 0.478 e. The van der Waals surface area contributed by atoms with Crippen molar-refractivity contribution in [1.29, 1.82) is 0 Å². The van der Waals surface area contributed by atoms with Gasteiger partial charge in [-0.05, 0) is 45.2 Å². The molecule has 5 nitrogen and oxygen atoms in total. The van der Waals surface area contributed by atoms with Crippen molar-refractivity contribution in [2.75, 3.05) is 0 Å². The molecule has 0 saturated heterocycles. The van der Waals surface area contributed by atoms with Gasteiger partial charge in [-0.15, -0.1) is 0 Å². The minimum atomic E-state index is -4.50. The molecule has 1 saturated carbocycles. The molecule has 1 aliphatic carbocycles. The molecule has 25 heavy (non-hydrogen) atoms. The van der Waals surface area contributed by atoms with Crippen LogP contribution in [0.5, 0.6) is 0 Å². The molecule has 0 amide bonds. The number of carbonyl (C=O) groups excluding carboxylic acids is 1. The van der Waals surface area contributed by atoms with Gasteiger partial charge in [0.05, 0.1) is 16.7 Å². The monoisotopic (exact) mass is 357 g/mol. The second-order valence-electron chi connectivity index (χ2n) is 6.58. The average Bonchev–Trinajstić information content (AvgIpc) is 2.48. The van der Waals surface area contributed by atoms with E-state index >= 15 is 0 Å². The van der Waals surface area contributed by atoms with E-state index in [0.29, 0.717) is 19.0 Å². The summed E-state index contributed by atoms with van der Waals surface area (Å²) >= 11 is 0. The zero-order chi connectivity index (χ0) is 19.0. The number of hydrogen-bond donors (Lipinski definition) is 1. The zero-order valence-electron chi connectivity index (χ0n) is 13.8. The van der Waals surface area contributed by atoms with Gasteiger partial charge in [0, 0.05) is 11.8 Å². The topological polar surface area (TPSA) is 76.5 Å². The highest BCUT2D eigenvalue weighted by Crippen LogP contribution is 2.46. The van der Waals surface area contributed by atoms with Crippen molar-refractivity contribution in [3.63, 3.8) is 0 Å². The number of nitrogens with zero attached hydrogens (tertiary/aromatic N) is 1. The molecule has 1 aromatic heterocycles. The number of rotatable bonds is 5. The summed E-state index contributed by atoms with van der Waals surface area (Å²) in [6, 6.07) is 2.08. The van der Waals surface area contributed by atoms with E-state index in [1.54, 1.807) is 0 Å². The van der Waals surface area contributed by atoms with E-state index in [1.807, 2.05) is 0 Å². The number of halogens is 3.